The van der Waals surface area contributed by atoms with E-state index in [1.165, 1.54) is 0 Å². The van der Waals surface area contributed by atoms with E-state index in [2.05, 4.69) is 61.1 Å². The van der Waals surface area contributed by atoms with Gasteiger partial charge in [-0.1, -0.05) is 55.8 Å². The van der Waals surface area contributed by atoms with Gasteiger partial charge in [-0.05, 0) is 45.9 Å². The number of hydrogen-bond donors (Lipinski definition) is 1. The number of nitrogens with one attached hydrogen (secondary N) is 1. The summed E-state index contributed by atoms with van der Waals surface area (Å²) in [6.07, 6.45) is 0. The van der Waals surface area contributed by atoms with Crippen LogP contribution in [0.3, 0.4) is 0 Å². The first-order valence-corrected chi connectivity index (χ1v) is 8.03. The van der Waals surface area contributed by atoms with Gasteiger partial charge in [-0.2, -0.15) is 0 Å². The summed E-state index contributed by atoms with van der Waals surface area (Å²) in [7, 11) is 0. The van der Waals surface area contributed by atoms with E-state index in [1.54, 1.807) is 0 Å². The molecule has 0 radical (unpaired) electrons. The molecular weight excluding hydrogens is 326 g/mol. The Bertz CT molecular complexity index is 719. The quantitative estimate of drug-likeness (QED) is 0.793. The molecule has 2 aromatic rings. The van der Waals surface area contributed by atoms with Crippen molar-refractivity contribution in [2.75, 3.05) is 5.32 Å². The average molecular weight is 346 g/mol. The SMILES string of the molecule is CC1(C)C(C(=O)Nc2ccc3cc(Br)ccc3c2)C1(C)C. The zero-order valence-electron chi connectivity index (χ0n) is 12.8. The normalized spacial score (nSPS) is 19.5. The maximum Gasteiger partial charge on any atom is 0.228 e. The third-order valence-corrected chi connectivity index (χ3v) is 5.85. The summed E-state index contributed by atoms with van der Waals surface area (Å²) in [5.41, 5.74) is 1.01. The Hall–Kier alpha value is -1.35. The molecule has 3 rings (SSSR count). The third-order valence-electron chi connectivity index (χ3n) is 5.35. The van der Waals surface area contributed by atoms with Gasteiger partial charge in [-0.25, -0.2) is 0 Å². The fourth-order valence-corrected chi connectivity index (χ4v) is 3.74. The number of rotatable bonds is 2. The highest BCUT2D eigenvalue weighted by Gasteiger charge is 2.68. The topological polar surface area (TPSA) is 29.1 Å². The maximum absolute atomic E-state index is 12.5. The van der Waals surface area contributed by atoms with Gasteiger partial charge in [0.1, 0.15) is 0 Å². The predicted octanol–water partition coefficient (Wildman–Crippen LogP) is 5.22. The Morgan fingerprint density at radius 1 is 1.00 bits per heavy atom. The molecule has 21 heavy (non-hydrogen) atoms. The van der Waals surface area contributed by atoms with E-state index in [0.717, 1.165) is 20.9 Å². The summed E-state index contributed by atoms with van der Waals surface area (Å²) in [5.74, 6) is 0.201. The smallest absolute Gasteiger partial charge is 0.228 e. The summed E-state index contributed by atoms with van der Waals surface area (Å²) >= 11 is 3.47. The monoisotopic (exact) mass is 345 g/mol. The molecule has 1 saturated carbocycles. The fraction of sp³-hybridized carbons (Fsp3) is 0.389. The van der Waals surface area contributed by atoms with Crippen LogP contribution in [0, 0.1) is 16.7 Å². The molecule has 0 heterocycles. The van der Waals surface area contributed by atoms with Crippen molar-refractivity contribution in [3.63, 3.8) is 0 Å². The molecule has 0 unspecified atom stereocenters. The average Bonchev–Trinajstić information content (AvgIpc) is 2.80. The van der Waals surface area contributed by atoms with Crippen LogP contribution in [0.2, 0.25) is 0 Å². The van der Waals surface area contributed by atoms with Crippen LogP contribution in [0.4, 0.5) is 5.69 Å². The number of anilines is 1. The second kappa shape index (κ2) is 4.57. The molecule has 2 nitrogen and oxygen atoms in total. The Labute approximate surface area is 134 Å². The summed E-state index contributed by atoms with van der Waals surface area (Å²) < 4.78 is 1.06. The van der Waals surface area contributed by atoms with E-state index >= 15 is 0 Å². The number of carbonyl (C=O) groups is 1. The van der Waals surface area contributed by atoms with E-state index in [4.69, 9.17) is 0 Å². The van der Waals surface area contributed by atoms with Crippen molar-refractivity contribution in [2.24, 2.45) is 16.7 Å². The minimum Gasteiger partial charge on any atom is -0.326 e. The Kier molecular flexibility index (Phi) is 3.17. The van der Waals surface area contributed by atoms with Crippen LogP contribution in [0.5, 0.6) is 0 Å². The molecule has 1 aliphatic rings. The highest BCUT2D eigenvalue weighted by atomic mass is 79.9. The maximum atomic E-state index is 12.5. The Balaban J connectivity index is 1.83. The number of amides is 1. The largest absolute Gasteiger partial charge is 0.326 e. The molecule has 0 aliphatic heterocycles. The molecule has 110 valence electrons. The first kappa shape index (κ1) is 14.6. The zero-order chi connectivity index (χ0) is 15.4. The molecule has 0 spiro atoms. The van der Waals surface area contributed by atoms with Gasteiger partial charge in [0, 0.05) is 16.1 Å². The number of carbonyl (C=O) groups excluding carboxylic acids is 1. The summed E-state index contributed by atoms with van der Waals surface area (Å²) in [6.45, 7) is 8.65. The number of fused-ring (bicyclic) bond motifs is 1. The van der Waals surface area contributed by atoms with Crippen molar-refractivity contribution in [1.29, 1.82) is 0 Å². The molecule has 1 N–H and O–H groups in total. The molecule has 1 amide bonds. The third kappa shape index (κ3) is 2.28. The van der Waals surface area contributed by atoms with E-state index in [-0.39, 0.29) is 22.7 Å². The lowest BCUT2D eigenvalue weighted by atomic mass is 10.0. The summed E-state index contributed by atoms with van der Waals surface area (Å²) in [4.78, 5) is 12.5. The molecule has 1 fully saturated rings. The standard InChI is InChI=1S/C18H20BrNO/c1-17(2)15(18(17,3)4)16(21)20-14-8-6-11-9-13(19)7-5-12(11)10-14/h5-10,15H,1-4H3,(H,20,21). The zero-order valence-corrected chi connectivity index (χ0v) is 14.4. The van der Waals surface area contributed by atoms with Crippen molar-refractivity contribution in [2.45, 2.75) is 27.7 Å². The van der Waals surface area contributed by atoms with Crippen LogP contribution >= 0.6 is 15.9 Å². The molecule has 1 aliphatic carbocycles. The Morgan fingerprint density at radius 2 is 1.57 bits per heavy atom. The van der Waals surface area contributed by atoms with E-state index < -0.39 is 0 Å². The molecule has 0 bridgehead atoms. The molecule has 0 aromatic heterocycles. The van der Waals surface area contributed by atoms with Crippen molar-refractivity contribution in [3.8, 4) is 0 Å². The van der Waals surface area contributed by atoms with Crippen molar-refractivity contribution in [3.05, 3.63) is 40.9 Å². The lowest BCUT2D eigenvalue weighted by Gasteiger charge is -2.08. The van der Waals surface area contributed by atoms with Gasteiger partial charge in [0.15, 0.2) is 0 Å². The highest BCUT2D eigenvalue weighted by Crippen LogP contribution is 2.68. The highest BCUT2D eigenvalue weighted by molar-refractivity contribution is 9.10. The van der Waals surface area contributed by atoms with Crippen LogP contribution in [-0.2, 0) is 4.79 Å². The van der Waals surface area contributed by atoms with Gasteiger partial charge in [0.05, 0.1) is 0 Å². The van der Waals surface area contributed by atoms with Gasteiger partial charge < -0.3 is 5.32 Å². The van der Waals surface area contributed by atoms with E-state index in [0.29, 0.717) is 0 Å². The van der Waals surface area contributed by atoms with Gasteiger partial charge in [-0.15, -0.1) is 0 Å². The van der Waals surface area contributed by atoms with Gasteiger partial charge in [0.2, 0.25) is 5.91 Å². The van der Waals surface area contributed by atoms with Crippen LogP contribution in [0.1, 0.15) is 27.7 Å². The van der Waals surface area contributed by atoms with Crippen LogP contribution in [-0.4, -0.2) is 5.91 Å². The van der Waals surface area contributed by atoms with E-state index in [1.807, 2.05) is 24.3 Å². The summed E-state index contributed by atoms with van der Waals surface area (Å²) in [5, 5.41) is 5.36. The number of benzene rings is 2. The lowest BCUT2D eigenvalue weighted by Crippen LogP contribution is -2.17. The molecule has 2 aromatic carbocycles. The van der Waals surface area contributed by atoms with Crippen LogP contribution in [0.15, 0.2) is 40.9 Å². The first-order chi connectivity index (χ1) is 9.73. The van der Waals surface area contributed by atoms with Gasteiger partial charge in [-0.3, -0.25) is 4.79 Å². The molecule has 3 heteroatoms. The van der Waals surface area contributed by atoms with Crippen molar-refractivity contribution >= 4 is 38.3 Å². The predicted molar refractivity (Wildman–Crippen MR) is 91.3 cm³/mol. The van der Waals surface area contributed by atoms with E-state index in [9.17, 15) is 4.79 Å². The fourth-order valence-electron chi connectivity index (χ4n) is 3.36. The van der Waals surface area contributed by atoms with Crippen LogP contribution < -0.4 is 5.32 Å². The van der Waals surface area contributed by atoms with Crippen molar-refractivity contribution < 1.29 is 4.79 Å². The minimum atomic E-state index is 0.0682. The molecule has 0 atom stereocenters. The minimum absolute atomic E-state index is 0.0682. The van der Waals surface area contributed by atoms with Gasteiger partial charge in [0.25, 0.3) is 0 Å². The second-order valence-electron chi connectivity index (χ2n) is 7.07. The summed E-state index contributed by atoms with van der Waals surface area (Å²) in [6, 6.07) is 12.2. The molecule has 0 saturated heterocycles. The van der Waals surface area contributed by atoms with Crippen LogP contribution in [0.25, 0.3) is 10.8 Å². The first-order valence-electron chi connectivity index (χ1n) is 7.24. The second-order valence-corrected chi connectivity index (χ2v) is 7.99. The van der Waals surface area contributed by atoms with Gasteiger partial charge >= 0.3 is 0 Å². The lowest BCUT2D eigenvalue weighted by molar-refractivity contribution is -0.118. The molecular formula is C18H20BrNO. The van der Waals surface area contributed by atoms with Crippen molar-refractivity contribution in [1.82, 2.24) is 0 Å². The Morgan fingerprint density at radius 3 is 2.19 bits per heavy atom. The number of hydrogen-bond acceptors (Lipinski definition) is 1. The number of halogens is 1.